The summed E-state index contributed by atoms with van der Waals surface area (Å²) in [6, 6.07) is 56.2. The van der Waals surface area contributed by atoms with Gasteiger partial charge in [0.1, 0.15) is 13.2 Å². The van der Waals surface area contributed by atoms with Crippen molar-refractivity contribution in [3.63, 3.8) is 0 Å². The fourth-order valence-corrected chi connectivity index (χ4v) is 15.4. The number of nitrogens with zero attached hydrogens (tertiary/aromatic N) is 1. The Labute approximate surface area is 407 Å². The number of nitrogens with one attached hydrogen (secondary N) is 1. The van der Waals surface area contributed by atoms with Crippen molar-refractivity contribution in [1.29, 1.82) is 0 Å². The molecule has 0 unspecified atom stereocenters. The number of amides is 1. The zero-order valence-corrected chi connectivity index (χ0v) is 40.5. The molecule has 0 aliphatic carbocycles. The molecule has 0 saturated heterocycles. The van der Waals surface area contributed by atoms with Crippen molar-refractivity contribution in [2.75, 3.05) is 37.0 Å². The van der Waals surface area contributed by atoms with Crippen molar-refractivity contribution < 1.29 is 19.1 Å². The SMILES string of the molecule is C=CC(=O)OCCNC(=O)OCC(CSc1cccc(-c2cccc3c2sc2ccccc23)c1)(CSc1cccc(-c2cccc3c2sc2ccccc23)c1)CSc1nc2ccccc2s1. The van der Waals surface area contributed by atoms with Crippen LogP contribution in [-0.2, 0) is 14.3 Å². The number of thiazole rings is 1. The summed E-state index contributed by atoms with van der Waals surface area (Å²) in [5.74, 6) is 1.44. The van der Waals surface area contributed by atoms with Gasteiger partial charge in [0, 0.05) is 78.9 Å². The Morgan fingerprint density at radius 2 is 1.12 bits per heavy atom. The van der Waals surface area contributed by atoms with Crippen molar-refractivity contribution in [3.8, 4) is 22.3 Å². The molecule has 0 atom stereocenters. The van der Waals surface area contributed by atoms with Gasteiger partial charge in [-0.05, 0) is 70.8 Å². The number of benzene rings is 7. The number of alkyl carbamates (subject to hydrolysis) is 1. The first-order valence-electron chi connectivity index (χ1n) is 21.4. The number of esters is 1. The van der Waals surface area contributed by atoms with Gasteiger partial charge in [-0.3, -0.25) is 0 Å². The third-order valence-electron chi connectivity index (χ3n) is 11.3. The highest BCUT2D eigenvalue weighted by molar-refractivity contribution is 8.02. The summed E-state index contributed by atoms with van der Waals surface area (Å²) in [5.41, 5.74) is 5.22. The lowest BCUT2D eigenvalue weighted by molar-refractivity contribution is -0.137. The number of para-hydroxylation sites is 1. The first-order valence-corrected chi connectivity index (χ1v) is 26.8. The largest absolute Gasteiger partial charge is 0.461 e. The number of aromatic nitrogens is 1. The lowest BCUT2D eigenvalue weighted by Gasteiger charge is -2.32. The van der Waals surface area contributed by atoms with Crippen LogP contribution in [0, 0.1) is 5.41 Å². The molecule has 0 saturated carbocycles. The summed E-state index contributed by atoms with van der Waals surface area (Å²) in [4.78, 5) is 32.3. The molecular formula is C54H42N2O4S6. The first kappa shape index (κ1) is 44.2. The topological polar surface area (TPSA) is 77.5 Å². The lowest BCUT2D eigenvalue weighted by Crippen LogP contribution is -2.39. The monoisotopic (exact) mass is 974 g/mol. The fraction of sp³-hybridized carbons (Fsp3) is 0.130. The Kier molecular flexibility index (Phi) is 13.5. The minimum atomic E-state index is -0.564. The Morgan fingerprint density at radius 3 is 1.71 bits per heavy atom. The number of carbonyl (C=O) groups excluding carboxylic acids is 2. The highest BCUT2D eigenvalue weighted by Crippen LogP contribution is 2.45. The zero-order valence-electron chi connectivity index (χ0n) is 35.6. The summed E-state index contributed by atoms with van der Waals surface area (Å²) < 4.78 is 18.5. The number of thiophene rings is 2. The van der Waals surface area contributed by atoms with Crippen LogP contribution in [0.5, 0.6) is 0 Å². The zero-order chi connectivity index (χ0) is 44.9. The maximum Gasteiger partial charge on any atom is 0.407 e. The Balaban J connectivity index is 0.966. The Hall–Kier alpha value is -5.60. The third kappa shape index (κ3) is 9.76. The van der Waals surface area contributed by atoms with Crippen molar-refractivity contribution in [1.82, 2.24) is 10.3 Å². The molecule has 328 valence electrons. The smallest absolute Gasteiger partial charge is 0.407 e. The molecule has 10 aromatic rings. The van der Waals surface area contributed by atoms with Crippen LogP contribution in [0.2, 0.25) is 0 Å². The average molecular weight is 975 g/mol. The molecule has 0 aliphatic rings. The van der Waals surface area contributed by atoms with Crippen LogP contribution in [0.1, 0.15) is 0 Å². The molecule has 3 heterocycles. The van der Waals surface area contributed by atoms with Gasteiger partial charge in [-0.15, -0.1) is 57.5 Å². The highest BCUT2D eigenvalue weighted by Gasteiger charge is 2.34. The van der Waals surface area contributed by atoms with Crippen molar-refractivity contribution in [3.05, 3.63) is 170 Å². The van der Waals surface area contributed by atoms with Crippen LogP contribution >= 0.6 is 69.3 Å². The summed E-state index contributed by atoms with van der Waals surface area (Å²) in [6.45, 7) is 3.74. The number of thioether (sulfide) groups is 3. The van der Waals surface area contributed by atoms with Gasteiger partial charge in [0.05, 0.1) is 16.8 Å². The Morgan fingerprint density at radius 1 is 0.591 bits per heavy atom. The molecule has 10 rings (SSSR count). The number of hydrogen-bond acceptors (Lipinski definition) is 11. The predicted molar refractivity (Wildman–Crippen MR) is 284 cm³/mol. The molecule has 3 aromatic heterocycles. The van der Waals surface area contributed by atoms with Crippen LogP contribution in [0.3, 0.4) is 0 Å². The van der Waals surface area contributed by atoms with Crippen molar-refractivity contribution in [2.24, 2.45) is 5.41 Å². The normalized spacial score (nSPS) is 11.8. The van der Waals surface area contributed by atoms with Crippen LogP contribution in [0.15, 0.2) is 185 Å². The molecular weight excluding hydrogens is 933 g/mol. The van der Waals surface area contributed by atoms with Gasteiger partial charge < -0.3 is 14.8 Å². The van der Waals surface area contributed by atoms with Crippen molar-refractivity contribution in [2.45, 2.75) is 14.1 Å². The molecule has 66 heavy (non-hydrogen) atoms. The van der Waals surface area contributed by atoms with E-state index < -0.39 is 17.5 Å². The van der Waals surface area contributed by atoms with Gasteiger partial charge in [-0.1, -0.05) is 128 Å². The molecule has 0 radical (unpaired) electrons. The molecule has 12 heteroatoms. The van der Waals surface area contributed by atoms with E-state index in [1.807, 2.05) is 40.9 Å². The second kappa shape index (κ2) is 20.1. The molecule has 0 fully saturated rings. The minimum Gasteiger partial charge on any atom is -0.461 e. The number of carbonyl (C=O) groups is 2. The van der Waals surface area contributed by atoms with Gasteiger partial charge in [0.25, 0.3) is 0 Å². The van der Waals surface area contributed by atoms with Gasteiger partial charge >= 0.3 is 12.1 Å². The maximum absolute atomic E-state index is 13.4. The van der Waals surface area contributed by atoms with E-state index in [2.05, 4.69) is 151 Å². The summed E-state index contributed by atoms with van der Waals surface area (Å²) >= 11 is 10.6. The predicted octanol–water partition coefficient (Wildman–Crippen LogP) is 15.5. The third-order valence-corrected chi connectivity index (χ3v) is 18.9. The van der Waals surface area contributed by atoms with Crippen molar-refractivity contribution >= 4 is 132 Å². The molecule has 0 spiro atoms. The number of rotatable bonds is 17. The van der Waals surface area contributed by atoms with E-state index in [9.17, 15) is 9.59 Å². The number of fused-ring (bicyclic) bond motifs is 7. The molecule has 0 aliphatic heterocycles. The van der Waals surface area contributed by atoms with Gasteiger partial charge in [-0.2, -0.15) is 0 Å². The van der Waals surface area contributed by atoms with Crippen LogP contribution < -0.4 is 5.32 Å². The standard InChI is InChI=1S/C54H42N2O4S6/c1-2-49(57)59-28-27-55-52(58)60-31-54(34-63-53-56-45-23-5-8-26-48(45)66-53,32-61-37-15-9-13-35(29-37)39-19-11-21-43-41-17-3-6-24-46(41)64-50(39)43)33-62-38-16-10-14-36(30-38)40-20-12-22-44-42-18-4-7-25-47(42)65-51(40)44/h2-26,29-30H,1,27-28,31-34H2,(H,55,58). The van der Waals surface area contributed by atoms with Gasteiger partial charge in [0.15, 0.2) is 4.34 Å². The van der Waals surface area contributed by atoms with E-state index in [4.69, 9.17) is 14.5 Å². The highest BCUT2D eigenvalue weighted by atomic mass is 32.2. The first-order chi connectivity index (χ1) is 32.4. The van der Waals surface area contributed by atoms with E-state index in [1.54, 1.807) is 46.6 Å². The number of hydrogen-bond donors (Lipinski definition) is 1. The van der Waals surface area contributed by atoms with Crippen LogP contribution in [-0.4, -0.2) is 54.1 Å². The Bertz CT molecular complexity index is 3200. The van der Waals surface area contributed by atoms with E-state index in [0.29, 0.717) is 17.3 Å². The second-order valence-corrected chi connectivity index (χ2v) is 22.3. The van der Waals surface area contributed by atoms with E-state index in [1.165, 1.54) is 62.6 Å². The number of ether oxygens (including phenoxy) is 2. The molecule has 1 N–H and O–H groups in total. The average Bonchev–Trinajstić information content (AvgIpc) is 4.08. The molecule has 7 aromatic carbocycles. The molecule has 6 nitrogen and oxygen atoms in total. The van der Waals surface area contributed by atoms with Gasteiger partial charge in [0.2, 0.25) is 0 Å². The second-order valence-electron chi connectivity index (χ2n) is 15.8. The quantitative estimate of drug-likeness (QED) is 0.0418. The van der Waals surface area contributed by atoms with Gasteiger partial charge in [-0.25, -0.2) is 14.6 Å². The van der Waals surface area contributed by atoms with E-state index in [-0.39, 0.29) is 19.8 Å². The lowest BCUT2D eigenvalue weighted by atomic mass is 9.97. The summed E-state index contributed by atoms with van der Waals surface area (Å²) in [6.07, 6.45) is 0.539. The van der Waals surface area contributed by atoms with E-state index >= 15 is 0 Å². The van der Waals surface area contributed by atoms with Crippen LogP contribution in [0.4, 0.5) is 4.79 Å². The molecule has 0 bridgehead atoms. The summed E-state index contributed by atoms with van der Waals surface area (Å²) in [5, 5.41) is 7.87. The minimum absolute atomic E-state index is 0.0153. The van der Waals surface area contributed by atoms with E-state index in [0.717, 1.165) is 30.4 Å². The maximum atomic E-state index is 13.4. The fourth-order valence-electron chi connectivity index (χ4n) is 7.94. The van der Waals surface area contributed by atoms with Crippen LogP contribution in [0.25, 0.3) is 72.8 Å². The molecule has 1 amide bonds. The summed E-state index contributed by atoms with van der Waals surface area (Å²) in [7, 11) is 0.